The molecule has 0 aromatic heterocycles. The minimum absolute atomic E-state index is 0.0980. The first-order valence-electron chi connectivity index (χ1n) is 7.00. The van der Waals surface area contributed by atoms with E-state index in [1.165, 1.54) is 0 Å². The average Bonchev–Trinajstić information content (AvgIpc) is 2.49. The number of rotatable bonds is 1. The van der Waals surface area contributed by atoms with Crippen LogP contribution in [-0.4, -0.2) is 17.7 Å². The topological polar surface area (TPSA) is 44.1 Å². The van der Waals surface area contributed by atoms with Gasteiger partial charge in [0, 0.05) is 31.2 Å². The summed E-state index contributed by atoms with van der Waals surface area (Å²) in [6, 6.07) is 12.2. The maximum absolute atomic E-state index is 12.0. The molecule has 0 amide bonds. The molecule has 1 unspecified atom stereocenters. The van der Waals surface area contributed by atoms with Crippen LogP contribution in [0.4, 0.5) is 0 Å². The zero-order valence-electron chi connectivity index (χ0n) is 12.1. The van der Waals surface area contributed by atoms with Crippen LogP contribution in [0.15, 0.2) is 59.5 Å². The molecule has 0 fully saturated rings. The minimum Gasteiger partial charge on any atom is -0.342 e. The molecule has 1 heterocycles. The summed E-state index contributed by atoms with van der Waals surface area (Å²) in [7, 11) is 1.85. The van der Waals surface area contributed by atoms with Gasteiger partial charge in [-0.2, -0.15) is 5.26 Å². The molecule has 0 saturated heterocycles. The number of ketones is 1. The van der Waals surface area contributed by atoms with E-state index in [9.17, 15) is 10.1 Å². The summed E-state index contributed by atoms with van der Waals surface area (Å²) in [5, 5.41) is 9.53. The van der Waals surface area contributed by atoms with Crippen LogP contribution < -0.4 is 0 Å². The quantitative estimate of drug-likeness (QED) is 0.790. The molecule has 21 heavy (non-hydrogen) atoms. The highest BCUT2D eigenvalue weighted by molar-refractivity contribution is 5.96. The van der Waals surface area contributed by atoms with Gasteiger partial charge in [0.25, 0.3) is 0 Å². The van der Waals surface area contributed by atoms with Crippen molar-refractivity contribution in [3.63, 3.8) is 0 Å². The standard InChI is InChI=1S/C18H16N2O/c1-12-8-15-14(9-17(12)21)11-20(2)16(10-19)18(15)13-6-4-3-5-7-13/h3-8,11-12H,9H2,1-2H3. The Balaban J connectivity index is 2.24. The normalized spacial score (nSPS) is 21.5. The Morgan fingerprint density at radius 3 is 2.67 bits per heavy atom. The summed E-state index contributed by atoms with van der Waals surface area (Å²) < 4.78 is 0. The molecular weight excluding hydrogens is 260 g/mol. The lowest BCUT2D eigenvalue weighted by atomic mass is 9.79. The number of nitriles is 1. The van der Waals surface area contributed by atoms with Crippen LogP contribution in [0.2, 0.25) is 0 Å². The highest BCUT2D eigenvalue weighted by Crippen LogP contribution is 2.41. The van der Waals surface area contributed by atoms with E-state index in [1.54, 1.807) is 0 Å². The molecule has 0 saturated carbocycles. The van der Waals surface area contributed by atoms with Gasteiger partial charge in [0.15, 0.2) is 0 Å². The van der Waals surface area contributed by atoms with E-state index < -0.39 is 0 Å². The number of fused-ring (bicyclic) bond motifs is 1. The van der Waals surface area contributed by atoms with E-state index >= 15 is 0 Å². The average molecular weight is 276 g/mol. The summed E-state index contributed by atoms with van der Waals surface area (Å²) in [4.78, 5) is 13.8. The lowest BCUT2D eigenvalue weighted by molar-refractivity contribution is -0.120. The van der Waals surface area contributed by atoms with Gasteiger partial charge in [0.05, 0.1) is 0 Å². The molecule has 0 bridgehead atoms. The van der Waals surface area contributed by atoms with Crippen molar-refractivity contribution in [2.24, 2.45) is 5.92 Å². The van der Waals surface area contributed by atoms with Crippen molar-refractivity contribution in [1.82, 2.24) is 4.90 Å². The van der Waals surface area contributed by atoms with Crippen molar-refractivity contribution in [2.45, 2.75) is 13.3 Å². The summed E-state index contributed by atoms with van der Waals surface area (Å²) >= 11 is 0. The molecule has 1 aromatic carbocycles. The molecule has 1 aromatic rings. The Labute approximate surface area is 124 Å². The van der Waals surface area contributed by atoms with Crippen LogP contribution in [0.5, 0.6) is 0 Å². The van der Waals surface area contributed by atoms with Crippen molar-refractivity contribution in [1.29, 1.82) is 5.26 Å². The number of nitrogens with zero attached hydrogens (tertiary/aromatic N) is 2. The predicted molar refractivity (Wildman–Crippen MR) is 81.7 cm³/mol. The second-order valence-electron chi connectivity index (χ2n) is 5.48. The fourth-order valence-corrected chi connectivity index (χ4v) is 2.89. The lowest BCUT2D eigenvalue weighted by Gasteiger charge is -2.31. The molecule has 3 heteroatoms. The molecule has 104 valence electrons. The Kier molecular flexibility index (Phi) is 3.23. The third kappa shape index (κ3) is 2.19. The first-order chi connectivity index (χ1) is 10.1. The van der Waals surface area contributed by atoms with Gasteiger partial charge in [0.2, 0.25) is 0 Å². The summed E-state index contributed by atoms with van der Waals surface area (Å²) in [6.45, 7) is 1.92. The Bertz CT molecular complexity index is 732. The van der Waals surface area contributed by atoms with Crippen LogP contribution in [0.1, 0.15) is 18.9 Å². The van der Waals surface area contributed by atoms with E-state index in [-0.39, 0.29) is 11.7 Å². The third-order valence-corrected chi connectivity index (χ3v) is 4.01. The SMILES string of the molecule is CC1C=C2C(=CN(C)C(C#N)=C2c2ccccc2)CC1=O. The second kappa shape index (κ2) is 5.06. The highest BCUT2D eigenvalue weighted by atomic mass is 16.1. The summed E-state index contributed by atoms with van der Waals surface area (Å²) in [5.74, 6) is 0.130. The maximum Gasteiger partial charge on any atom is 0.143 e. The number of benzene rings is 1. The van der Waals surface area contributed by atoms with Gasteiger partial charge in [-0.3, -0.25) is 4.79 Å². The molecular formula is C18H16N2O. The summed E-state index contributed by atoms with van der Waals surface area (Å²) in [6.07, 6.45) is 4.33. The van der Waals surface area contributed by atoms with Crippen molar-refractivity contribution in [3.05, 3.63) is 65.0 Å². The van der Waals surface area contributed by atoms with Crippen molar-refractivity contribution >= 4 is 11.4 Å². The molecule has 1 aliphatic heterocycles. The third-order valence-electron chi connectivity index (χ3n) is 4.01. The van der Waals surface area contributed by atoms with E-state index in [4.69, 9.17) is 0 Å². The Morgan fingerprint density at radius 2 is 2.00 bits per heavy atom. The number of carbonyl (C=O) groups is 1. The van der Waals surface area contributed by atoms with Gasteiger partial charge in [-0.1, -0.05) is 43.3 Å². The number of hydrogen-bond acceptors (Lipinski definition) is 3. The number of carbonyl (C=O) groups excluding carboxylic acids is 1. The number of Topliss-reactive ketones (excluding diaryl/α,β-unsaturated/α-hetero) is 1. The molecule has 3 rings (SSSR count). The van der Waals surface area contributed by atoms with Gasteiger partial charge in [-0.25, -0.2) is 0 Å². The lowest BCUT2D eigenvalue weighted by Crippen LogP contribution is -2.24. The van der Waals surface area contributed by atoms with Crippen LogP contribution in [0.25, 0.3) is 5.57 Å². The van der Waals surface area contributed by atoms with Crippen LogP contribution >= 0.6 is 0 Å². The first-order valence-corrected chi connectivity index (χ1v) is 7.00. The zero-order valence-corrected chi connectivity index (χ0v) is 12.1. The fourth-order valence-electron chi connectivity index (χ4n) is 2.89. The van der Waals surface area contributed by atoms with Crippen LogP contribution in [-0.2, 0) is 4.79 Å². The van der Waals surface area contributed by atoms with E-state index in [0.717, 1.165) is 22.3 Å². The van der Waals surface area contributed by atoms with E-state index in [2.05, 4.69) is 6.07 Å². The zero-order chi connectivity index (χ0) is 15.0. The maximum atomic E-state index is 12.0. The first kappa shape index (κ1) is 13.4. The Hall–Kier alpha value is -2.60. The number of hydrogen-bond donors (Lipinski definition) is 0. The van der Waals surface area contributed by atoms with Gasteiger partial charge in [-0.05, 0) is 16.7 Å². The molecule has 1 atom stereocenters. The highest BCUT2D eigenvalue weighted by Gasteiger charge is 2.30. The molecule has 0 N–H and O–H groups in total. The summed E-state index contributed by atoms with van der Waals surface area (Å²) in [5.41, 5.74) is 4.59. The monoisotopic (exact) mass is 276 g/mol. The molecule has 0 spiro atoms. The van der Waals surface area contributed by atoms with Crippen molar-refractivity contribution in [3.8, 4) is 6.07 Å². The van der Waals surface area contributed by atoms with Crippen LogP contribution in [0, 0.1) is 17.2 Å². The smallest absolute Gasteiger partial charge is 0.143 e. The van der Waals surface area contributed by atoms with E-state index in [1.807, 2.05) is 61.5 Å². The van der Waals surface area contributed by atoms with Gasteiger partial charge >= 0.3 is 0 Å². The van der Waals surface area contributed by atoms with E-state index in [0.29, 0.717) is 12.1 Å². The second-order valence-corrected chi connectivity index (χ2v) is 5.48. The van der Waals surface area contributed by atoms with Gasteiger partial charge < -0.3 is 4.90 Å². The fraction of sp³-hybridized carbons (Fsp3) is 0.222. The predicted octanol–water partition coefficient (Wildman–Crippen LogP) is 3.29. The molecule has 1 aliphatic carbocycles. The van der Waals surface area contributed by atoms with Crippen LogP contribution in [0.3, 0.4) is 0 Å². The van der Waals surface area contributed by atoms with Gasteiger partial charge in [0.1, 0.15) is 17.5 Å². The van der Waals surface area contributed by atoms with Crippen molar-refractivity contribution in [2.75, 3.05) is 7.05 Å². The van der Waals surface area contributed by atoms with Crippen molar-refractivity contribution < 1.29 is 4.79 Å². The molecule has 2 aliphatic rings. The molecule has 0 radical (unpaired) electrons. The Morgan fingerprint density at radius 1 is 1.29 bits per heavy atom. The van der Waals surface area contributed by atoms with Gasteiger partial charge in [-0.15, -0.1) is 0 Å². The largest absolute Gasteiger partial charge is 0.342 e. The minimum atomic E-state index is -0.0980. The molecule has 3 nitrogen and oxygen atoms in total. The number of allylic oxidation sites excluding steroid dienone is 5.